The van der Waals surface area contributed by atoms with Crippen LogP contribution in [0.4, 0.5) is 18.0 Å². The normalized spacial score (nSPS) is 16.8. The standard InChI is InChI=1S/C32H29F3N6O2S/c1-19(2)25-6-4-5-7-28(25)41-20(3)17-44-31(41)38-30(42)37-27-16-26(27)21-8-10-22(11-9-21)29-36-18-40(39-29)23-12-14-24(15-13-23)43-32(33,34)35/h4-15,17-19,26-27H,16H2,1-3H3,(H,37,42)/b38-31-. The number of hydrogen-bond donors (Lipinski definition) is 1. The topological polar surface area (TPSA) is 86.3 Å². The minimum absolute atomic E-state index is 0.00353. The van der Waals surface area contributed by atoms with Crippen molar-refractivity contribution in [1.82, 2.24) is 24.6 Å². The van der Waals surface area contributed by atoms with Gasteiger partial charge in [0, 0.05) is 28.6 Å². The number of para-hydroxylation sites is 1. The summed E-state index contributed by atoms with van der Waals surface area (Å²) in [7, 11) is 0. The lowest BCUT2D eigenvalue weighted by Gasteiger charge is -2.14. The maximum atomic E-state index is 12.9. The van der Waals surface area contributed by atoms with Gasteiger partial charge in [-0.1, -0.05) is 56.3 Å². The van der Waals surface area contributed by atoms with Crippen molar-refractivity contribution in [2.45, 2.75) is 51.4 Å². The maximum Gasteiger partial charge on any atom is 0.573 e. The van der Waals surface area contributed by atoms with E-state index in [0.29, 0.717) is 22.2 Å². The highest BCUT2D eigenvalue weighted by atomic mass is 32.1. The molecule has 0 bridgehead atoms. The van der Waals surface area contributed by atoms with Crippen LogP contribution in [0.3, 0.4) is 0 Å². The van der Waals surface area contributed by atoms with Gasteiger partial charge in [-0.25, -0.2) is 14.5 Å². The molecule has 6 rings (SSSR count). The fourth-order valence-electron chi connectivity index (χ4n) is 5.14. The fraction of sp³-hybridized carbons (Fsp3) is 0.250. The molecule has 1 fully saturated rings. The summed E-state index contributed by atoms with van der Waals surface area (Å²) in [6.07, 6.45) is -2.43. The molecule has 2 amide bonds. The molecule has 0 saturated heterocycles. The number of hydrogen-bond acceptors (Lipinski definition) is 5. The van der Waals surface area contributed by atoms with Crippen molar-refractivity contribution in [3.63, 3.8) is 0 Å². The molecule has 2 aromatic heterocycles. The highest BCUT2D eigenvalue weighted by Gasteiger charge is 2.39. The van der Waals surface area contributed by atoms with Crippen LogP contribution in [0, 0.1) is 6.92 Å². The van der Waals surface area contributed by atoms with E-state index in [9.17, 15) is 18.0 Å². The smallest absolute Gasteiger partial charge is 0.406 e. The van der Waals surface area contributed by atoms with Gasteiger partial charge in [0.25, 0.3) is 0 Å². The van der Waals surface area contributed by atoms with E-state index >= 15 is 0 Å². The van der Waals surface area contributed by atoms with Crippen LogP contribution in [0.15, 0.2) is 89.5 Å². The van der Waals surface area contributed by atoms with Crippen molar-refractivity contribution in [3.8, 4) is 28.5 Å². The molecule has 8 nitrogen and oxygen atoms in total. The Balaban J connectivity index is 1.10. The van der Waals surface area contributed by atoms with Gasteiger partial charge in [-0.3, -0.25) is 4.57 Å². The van der Waals surface area contributed by atoms with Gasteiger partial charge in [0.15, 0.2) is 10.6 Å². The van der Waals surface area contributed by atoms with Crippen molar-refractivity contribution < 1.29 is 22.7 Å². The van der Waals surface area contributed by atoms with E-state index in [2.05, 4.69) is 51.1 Å². The summed E-state index contributed by atoms with van der Waals surface area (Å²) in [5.41, 5.74) is 5.67. The molecule has 5 aromatic rings. The number of rotatable bonds is 7. The van der Waals surface area contributed by atoms with Crippen LogP contribution in [0.25, 0.3) is 22.8 Å². The molecule has 1 aliphatic rings. The Kier molecular flexibility index (Phi) is 7.85. The van der Waals surface area contributed by atoms with Crippen molar-refractivity contribution in [1.29, 1.82) is 0 Å². The molecule has 3 aromatic carbocycles. The second-order valence-electron chi connectivity index (χ2n) is 10.9. The number of benzene rings is 3. The van der Waals surface area contributed by atoms with Crippen LogP contribution < -0.4 is 14.9 Å². The number of carbonyl (C=O) groups is 1. The molecule has 1 aliphatic carbocycles. The zero-order valence-corrected chi connectivity index (χ0v) is 24.9. The van der Waals surface area contributed by atoms with Gasteiger partial charge in [-0.2, -0.15) is 4.99 Å². The summed E-state index contributed by atoms with van der Waals surface area (Å²) < 4.78 is 44.7. The van der Waals surface area contributed by atoms with Crippen LogP contribution in [0.2, 0.25) is 0 Å². The molecule has 12 heteroatoms. The maximum absolute atomic E-state index is 12.9. The molecular formula is C32H29F3N6O2S. The quantitative estimate of drug-likeness (QED) is 0.208. The number of aryl methyl sites for hydroxylation is 1. The van der Waals surface area contributed by atoms with E-state index in [0.717, 1.165) is 28.9 Å². The Morgan fingerprint density at radius 2 is 1.80 bits per heavy atom. The van der Waals surface area contributed by atoms with Crippen LogP contribution in [0.5, 0.6) is 5.75 Å². The summed E-state index contributed by atoms with van der Waals surface area (Å²) in [6.45, 7) is 6.31. The number of ether oxygens (including phenoxy) is 1. The first-order chi connectivity index (χ1) is 21.1. The number of urea groups is 1. The van der Waals surface area contributed by atoms with E-state index in [1.54, 1.807) is 0 Å². The summed E-state index contributed by atoms with van der Waals surface area (Å²) in [4.78, 5) is 22.3. The third-order valence-electron chi connectivity index (χ3n) is 7.40. The molecule has 1 saturated carbocycles. The number of halogens is 3. The average Bonchev–Trinajstić information content (AvgIpc) is 3.39. The van der Waals surface area contributed by atoms with E-state index in [1.807, 2.05) is 53.3 Å². The molecule has 0 aliphatic heterocycles. The van der Waals surface area contributed by atoms with Gasteiger partial charge in [-0.05, 0) is 60.7 Å². The highest BCUT2D eigenvalue weighted by Crippen LogP contribution is 2.41. The molecule has 0 radical (unpaired) electrons. The first-order valence-corrected chi connectivity index (χ1v) is 14.9. The molecule has 226 valence electrons. The molecule has 0 spiro atoms. The van der Waals surface area contributed by atoms with Crippen molar-refractivity contribution >= 4 is 17.4 Å². The Bertz CT molecular complexity index is 1860. The number of alkyl halides is 3. The minimum atomic E-state index is -4.75. The van der Waals surface area contributed by atoms with E-state index in [1.165, 1.54) is 52.2 Å². The third-order valence-corrected chi connectivity index (χ3v) is 8.34. The lowest BCUT2D eigenvalue weighted by Crippen LogP contribution is -2.27. The number of thiazole rings is 1. The Hall–Kier alpha value is -4.71. The van der Waals surface area contributed by atoms with Crippen molar-refractivity contribution in [2.24, 2.45) is 4.99 Å². The van der Waals surface area contributed by atoms with Crippen LogP contribution in [0.1, 0.15) is 48.9 Å². The molecule has 44 heavy (non-hydrogen) atoms. The predicted molar refractivity (Wildman–Crippen MR) is 161 cm³/mol. The van der Waals surface area contributed by atoms with Gasteiger partial charge < -0.3 is 10.1 Å². The number of nitrogens with zero attached hydrogens (tertiary/aromatic N) is 5. The van der Waals surface area contributed by atoms with Gasteiger partial charge in [0.1, 0.15) is 12.1 Å². The van der Waals surface area contributed by atoms with Gasteiger partial charge in [-0.15, -0.1) is 29.6 Å². The van der Waals surface area contributed by atoms with Gasteiger partial charge in [0.05, 0.1) is 11.4 Å². The summed E-state index contributed by atoms with van der Waals surface area (Å²) in [5, 5.41) is 9.51. The highest BCUT2D eigenvalue weighted by molar-refractivity contribution is 7.07. The summed E-state index contributed by atoms with van der Waals surface area (Å²) in [5.74, 6) is 0.681. The second-order valence-corrected chi connectivity index (χ2v) is 11.7. The summed E-state index contributed by atoms with van der Waals surface area (Å²) >= 11 is 1.44. The minimum Gasteiger partial charge on any atom is -0.406 e. The Morgan fingerprint density at radius 3 is 2.50 bits per heavy atom. The first-order valence-electron chi connectivity index (χ1n) is 14.1. The first kappa shape index (κ1) is 29.4. The molecule has 2 atom stereocenters. The molecule has 2 unspecified atom stereocenters. The SMILES string of the molecule is Cc1cs/c(=N\C(=O)NC2CC2c2ccc(-c3ncn(-c4ccc(OC(F)(F)F)cc4)n3)cc2)n1-c1ccccc1C(C)C. The Labute approximate surface area is 255 Å². The molecular weight excluding hydrogens is 589 g/mol. The van der Waals surface area contributed by atoms with E-state index in [-0.39, 0.29) is 23.7 Å². The largest absolute Gasteiger partial charge is 0.573 e. The predicted octanol–water partition coefficient (Wildman–Crippen LogP) is 7.28. The number of aromatic nitrogens is 4. The lowest BCUT2D eigenvalue weighted by molar-refractivity contribution is -0.274. The zero-order valence-electron chi connectivity index (χ0n) is 24.1. The number of carbonyl (C=O) groups excluding carboxylic acids is 1. The molecule has 1 N–H and O–H groups in total. The molecule has 2 heterocycles. The number of amides is 2. The van der Waals surface area contributed by atoms with E-state index < -0.39 is 6.36 Å². The van der Waals surface area contributed by atoms with Crippen LogP contribution in [-0.4, -0.2) is 37.8 Å². The van der Waals surface area contributed by atoms with Crippen molar-refractivity contribution in [3.05, 3.63) is 106 Å². The third kappa shape index (κ3) is 6.45. The average molecular weight is 619 g/mol. The Morgan fingerprint density at radius 1 is 1.07 bits per heavy atom. The second kappa shape index (κ2) is 11.8. The fourth-order valence-corrected chi connectivity index (χ4v) is 6.01. The lowest BCUT2D eigenvalue weighted by atomic mass is 10.0. The van der Waals surface area contributed by atoms with Gasteiger partial charge in [0.2, 0.25) is 0 Å². The van der Waals surface area contributed by atoms with Crippen LogP contribution in [-0.2, 0) is 0 Å². The van der Waals surface area contributed by atoms with Crippen molar-refractivity contribution in [2.75, 3.05) is 0 Å². The monoisotopic (exact) mass is 618 g/mol. The van der Waals surface area contributed by atoms with Crippen LogP contribution >= 0.6 is 11.3 Å². The summed E-state index contributed by atoms with van der Waals surface area (Å²) in [6, 6.07) is 21.0. The number of nitrogens with one attached hydrogen (secondary N) is 1. The van der Waals surface area contributed by atoms with Gasteiger partial charge >= 0.3 is 12.4 Å². The zero-order chi connectivity index (χ0) is 31.0. The van der Waals surface area contributed by atoms with E-state index in [4.69, 9.17) is 0 Å².